The lowest BCUT2D eigenvalue weighted by atomic mass is 10.0. The number of aliphatic hydroxyl groups is 1. The zero-order valence-corrected chi connectivity index (χ0v) is 52.7. The van der Waals surface area contributed by atoms with Crippen molar-refractivity contribution in [1.82, 2.24) is 63.8 Å². The molecular formula is C58H90N14O21. The summed E-state index contributed by atoms with van der Waals surface area (Å²) >= 11 is 0. The van der Waals surface area contributed by atoms with Crippen molar-refractivity contribution in [2.24, 2.45) is 23.3 Å². The molecule has 1 aromatic carbocycles. The fraction of sp³-hybridized carbons (Fsp3) is 0.621. The van der Waals surface area contributed by atoms with Crippen LogP contribution in [0.5, 0.6) is 0 Å². The Bertz CT molecular complexity index is 2800. The molecule has 0 saturated carbocycles. The van der Waals surface area contributed by atoms with Gasteiger partial charge in [-0.25, -0.2) is 4.79 Å². The summed E-state index contributed by atoms with van der Waals surface area (Å²) in [6, 6.07) is -11.5. The number of carbonyl (C=O) groups excluding carboxylic acids is 12. The van der Waals surface area contributed by atoms with E-state index in [0.717, 1.165) is 6.42 Å². The van der Waals surface area contributed by atoms with Crippen molar-refractivity contribution in [2.45, 2.75) is 198 Å². The first-order valence-electron chi connectivity index (χ1n) is 30.2. The van der Waals surface area contributed by atoms with Crippen LogP contribution < -0.4 is 75.3 Å². The summed E-state index contributed by atoms with van der Waals surface area (Å²) in [5, 5.41) is 77.9. The van der Waals surface area contributed by atoms with E-state index in [9.17, 15) is 102 Å². The van der Waals surface area contributed by atoms with E-state index >= 15 is 0 Å². The molecule has 1 aliphatic rings. The molecule has 35 heteroatoms. The van der Waals surface area contributed by atoms with Crippen molar-refractivity contribution in [3.05, 3.63) is 35.9 Å². The third-order valence-electron chi connectivity index (χ3n) is 14.2. The molecule has 1 aliphatic heterocycles. The number of aliphatic hydroxyl groups excluding tert-OH is 1. The second-order valence-corrected chi connectivity index (χ2v) is 23.2. The van der Waals surface area contributed by atoms with Gasteiger partial charge in [-0.15, -0.1) is 0 Å². The number of hydrogen-bond donors (Lipinski definition) is 19. The maximum absolute atomic E-state index is 14.2. The van der Waals surface area contributed by atoms with Crippen LogP contribution in [0.4, 0.5) is 0 Å². The minimum Gasteiger partial charge on any atom is -0.481 e. The number of carbonyl (C=O) groups is 16. The molecule has 1 saturated heterocycles. The maximum atomic E-state index is 14.2. The summed E-state index contributed by atoms with van der Waals surface area (Å²) in [5.74, 6) is -20.1. The lowest BCUT2D eigenvalue weighted by molar-refractivity contribution is -0.144. The number of rotatable bonds is 43. The van der Waals surface area contributed by atoms with E-state index in [1.807, 2.05) is 0 Å². The Morgan fingerprint density at radius 2 is 0.860 bits per heavy atom. The topological polar surface area (TPSA) is 571 Å². The Labute approximate surface area is 535 Å². The van der Waals surface area contributed by atoms with Gasteiger partial charge in [0.15, 0.2) is 0 Å². The first-order chi connectivity index (χ1) is 43.6. The van der Waals surface area contributed by atoms with Gasteiger partial charge in [0.2, 0.25) is 70.9 Å². The SMILES string of the molecule is CC(C)C[C@H](NC(=O)[C@H](CCC(N)=O)NC(=O)[C@H](CCCCN)NC(=O)[C@H](CO)NC(=O)[C@H](Cc1ccccc1)NC(=O)[C@H](CC(=O)O)NC(=O)[C@H](CC(=O)O)NC(=O)[C@H](CC(C)C)NC(=O)[C@H](CC(=O)O)NC(=O)[C@H](C)NC(=O)[C@H](C)NC(=O)[C@@H]1CCCN1)C(=O)O. The number of aliphatic carboxylic acids is 4. The largest absolute Gasteiger partial charge is 0.481 e. The normalized spacial score (nSPS) is 16.2. The summed E-state index contributed by atoms with van der Waals surface area (Å²) in [4.78, 5) is 210. The maximum Gasteiger partial charge on any atom is 0.326 e. The zero-order valence-electron chi connectivity index (χ0n) is 52.7. The van der Waals surface area contributed by atoms with Crippen molar-refractivity contribution in [1.29, 1.82) is 0 Å². The van der Waals surface area contributed by atoms with Crippen LogP contribution in [0.25, 0.3) is 0 Å². The van der Waals surface area contributed by atoms with Gasteiger partial charge in [0.1, 0.15) is 66.5 Å². The van der Waals surface area contributed by atoms with E-state index in [2.05, 4.69) is 63.8 Å². The molecule has 2 rings (SSSR count). The predicted molar refractivity (Wildman–Crippen MR) is 325 cm³/mol. The summed E-state index contributed by atoms with van der Waals surface area (Å²) in [7, 11) is 0. The second kappa shape index (κ2) is 40.5. The van der Waals surface area contributed by atoms with Gasteiger partial charge in [0, 0.05) is 12.8 Å². The van der Waals surface area contributed by atoms with Crippen molar-refractivity contribution in [2.75, 3.05) is 19.7 Å². The van der Waals surface area contributed by atoms with E-state index < -0.39 is 218 Å². The van der Waals surface area contributed by atoms with E-state index in [-0.39, 0.29) is 38.1 Å². The minimum atomic E-state index is -2.17. The van der Waals surface area contributed by atoms with Gasteiger partial charge in [-0.2, -0.15) is 0 Å². The first-order valence-corrected chi connectivity index (χ1v) is 30.2. The van der Waals surface area contributed by atoms with Gasteiger partial charge in [0.05, 0.1) is 31.9 Å². The third kappa shape index (κ3) is 30.1. The highest BCUT2D eigenvalue weighted by Gasteiger charge is 2.38. The number of carboxylic acid groups (broad SMARTS) is 4. The third-order valence-corrected chi connectivity index (χ3v) is 14.2. The highest BCUT2D eigenvalue weighted by Crippen LogP contribution is 2.13. The number of hydrogen-bond acceptors (Lipinski definition) is 19. The molecule has 93 heavy (non-hydrogen) atoms. The van der Waals surface area contributed by atoms with E-state index in [1.165, 1.54) is 26.0 Å². The molecule has 0 radical (unpaired) electrons. The highest BCUT2D eigenvalue weighted by atomic mass is 16.4. The molecule has 1 heterocycles. The van der Waals surface area contributed by atoms with Gasteiger partial charge in [-0.1, -0.05) is 58.0 Å². The molecular weight excluding hydrogens is 1230 g/mol. The van der Waals surface area contributed by atoms with Crippen LogP contribution in [0.1, 0.15) is 124 Å². The lowest BCUT2D eigenvalue weighted by Crippen LogP contribution is -2.61. The average molecular weight is 1320 g/mol. The Hall–Kier alpha value is -9.38. The predicted octanol–water partition coefficient (Wildman–Crippen LogP) is -5.66. The fourth-order valence-electron chi connectivity index (χ4n) is 9.28. The van der Waals surface area contributed by atoms with Crippen LogP contribution in [0.2, 0.25) is 0 Å². The van der Waals surface area contributed by atoms with Gasteiger partial charge < -0.3 is 101 Å². The van der Waals surface area contributed by atoms with E-state index in [4.69, 9.17) is 11.5 Å². The minimum absolute atomic E-state index is 0.00794. The quantitative estimate of drug-likeness (QED) is 0.0271. The van der Waals surface area contributed by atoms with Gasteiger partial charge in [-0.05, 0) is 95.7 Å². The number of unbranched alkanes of at least 4 members (excludes halogenated alkanes) is 1. The number of benzene rings is 1. The van der Waals surface area contributed by atoms with Gasteiger partial charge >= 0.3 is 23.9 Å². The van der Waals surface area contributed by atoms with Crippen molar-refractivity contribution in [3.8, 4) is 0 Å². The number of amides is 12. The molecule has 12 atom stereocenters. The molecule has 0 spiro atoms. The molecule has 518 valence electrons. The van der Waals surface area contributed by atoms with Crippen LogP contribution in [0.3, 0.4) is 0 Å². The Morgan fingerprint density at radius 1 is 0.473 bits per heavy atom. The number of carboxylic acids is 4. The Morgan fingerprint density at radius 3 is 1.31 bits per heavy atom. The molecule has 12 amide bonds. The average Bonchev–Trinajstić information content (AvgIpc) is 1.50. The first kappa shape index (κ1) is 79.7. The van der Waals surface area contributed by atoms with Crippen molar-refractivity contribution < 1.29 is 102 Å². The van der Waals surface area contributed by atoms with E-state index in [0.29, 0.717) is 24.9 Å². The molecule has 21 N–H and O–H groups in total. The molecule has 0 aromatic heterocycles. The Balaban J connectivity index is 2.42. The number of nitrogens with one attached hydrogen (secondary N) is 12. The smallest absolute Gasteiger partial charge is 0.326 e. The monoisotopic (exact) mass is 1320 g/mol. The molecule has 0 bridgehead atoms. The zero-order chi connectivity index (χ0) is 70.2. The summed E-state index contributed by atoms with van der Waals surface area (Å²) < 4.78 is 0. The summed E-state index contributed by atoms with van der Waals surface area (Å²) in [6.45, 7) is 8.72. The standard InChI is InChI=1S/C58H90N14O21/c1-28(2)21-36(67-54(88)38(24-44(75)76)66-48(82)31(6)62-47(81)30(5)63-49(83)33-16-12-20-61-33)52(86)69-40(26-46(79)80)56(90)70-39(25-45(77)78)55(89)68-37(23-32-13-8-7-9-14-32)53(87)72-42(27-73)57(91)64-34(15-10-11-19-59)50(84)65-35(17-18-43(60)74)51(85)71-41(58(92)93)22-29(3)4/h7-9,13-14,28-31,33-42,61,73H,10-12,15-27,59H2,1-6H3,(H2,60,74)(H,62,81)(H,63,83)(H,64,91)(H,65,84)(H,66,82)(H,67,88)(H,68,89)(H,69,86)(H,70,90)(H,71,85)(H,72,87)(H,75,76)(H,77,78)(H,79,80)(H,92,93)/t30-,31-,33-,34-,35-,36-,37-,38-,39-,40-,41-,42-/m0/s1. The van der Waals surface area contributed by atoms with Gasteiger partial charge in [0.25, 0.3) is 0 Å². The van der Waals surface area contributed by atoms with Crippen LogP contribution >= 0.6 is 0 Å². The number of primary amides is 1. The molecule has 1 fully saturated rings. The fourth-order valence-corrected chi connectivity index (χ4v) is 9.28. The second-order valence-electron chi connectivity index (χ2n) is 23.2. The highest BCUT2D eigenvalue weighted by molar-refractivity contribution is 6.01. The molecule has 0 aliphatic carbocycles. The van der Waals surface area contributed by atoms with Crippen LogP contribution in [0.15, 0.2) is 30.3 Å². The molecule has 0 unspecified atom stereocenters. The Kier molecular flexibility index (Phi) is 34.7. The molecule has 35 nitrogen and oxygen atoms in total. The summed E-state index contributed by atoms with van der Waals surface area (Å²) in [5.41, 5.74) is 11.3. The van der Waals surface area contributed by atoms with Crippen LogP contribution in [-0.2, 0) is 83.1 Å². The lowest BCUT2D eigenvalue weighted by Gasteiger charge is -2.28. The number of nitrogens with two attached hydrogens (primary N) is 2. The van der Waals surface area contributed by atoms with Crippen molar-refractivity contribution >= 4 is 94.8 Å². The van der Waals surface area contributed by atoms with Gasteiger partial charge in [-0.3, -0.25) is 71.9 Å². The van der Waals surface area contributed by atoms with Crippen molar-refractivity contribution in [3.63, 3.8) is 0 Å². The summed E-state index contributed by atoms with van der Waals surface area (Å²) in [6.07, 6.45) is -3.47. The molecule has 1 aromatic rings. The van der Waals surface area contributed by atoms with E-state index in [1.54, 1.807) is 45.9 Å². The van der Waals surface area contributed by atoms with Crippen LogP contribution in [-0.4, -0.2) is 212 Å². The van der Waals surface area contributed by atoms with Crippen LogP contribution in [0, 0.1) is 11.8 Å².